The highest BCUT2D eigenvalue weighted by Crippen LogP contribution is 2.33. The van der Waals surface area contributed by atoms with Gasteiger partial charge in [-0.25, -0.2) is 4.39 Å². The Bertz CT molecular complexity index is 550. The minimum absolute atomic E-state index is 0.0768. The van der Waals surface area contributed by atoms with Crippen molar-refractivity contribution in [1.82, 2.24) is 10.2 Å². The van der Waals surface area contributed by atoms with Gasteiger partial charge >= 0.3 is 6.01 Å². The summed E-state index contributed by atoms with van der Waals surface area (Å²) in [5, 5.41) is 9.95. The molecule has 1 heterocycles. The molecule has 0 fully saturated rings. The van der Waals surface area contributed by atoms with Gasteiger partial charge in [-0.1, -0.05) is 28.3 Å². The number of rotatable bonds is 3. The number of hydrogen-bond donors (Lipinski definition) is 1. The number of benzene rings is 1. The molecule has 4 nitrogen and oxygen atoms in total. The molecule has 2 rings (SSSR count). The molecule has 18 heavy (non-hydrogen) atoms. The SMILES string of the molecule is CC(Cl)c1nnc(Nc2c(Cl)cc(F)cc2Cl)o1. The highest BCUT2D eigenvalue weighted by molar-refractivity contribution is 6.39. The van der Waals surface area contributed by atoms with Crippen LogP contribution in [0.5, 0.6) is 0 Å². The summed E-state index contributed by atoms with van der Waals surface area (Å²) < 4.78 is 18.2. The second-order valence-corrected chi connectivity index (χ2v) is 4.90. The van der Waals surface area contributed by atoms with Crippen LogP contribution in [0.4, 0.5) is 16.1 Å². The Balaban J connectivity index is 2.28. The normalized spacial score (nSPS) is 12.5. The lowest BCUT2D eigenvalue weighted by molar-refractivity contribution is 0.510. The van der Waals surface area contributed by atoms with E-state index in [0.29, 0.717) is 0 Å². The summed E-state index contributed by atoms with van der Waals surface area (Å²) in [5.74, 6) is -0.273. The molecule has 2 aromatic rings. The number of nitrogens with zero attached hydrogens (tertiary/aromatic N) is 2. The van der Waals surface area contributed by atoms with E-state index < -0.39 is 11.2 Å². The van der Waals surface area contributed by atoms with E-state index in [4.69, 9.17) is 39.2 Å². The Hall–Kier alpha value is -1.04. The first kappa shape index (κ1) is 13.4. The van der Waals surface area contributed by atoms with E-state index in [9.17, 15) is 4.39 Å². The number of aromatic nitrogens is 2. The van der Waals surface area contributed by atoms with Gasteiger partial charge in [0, 0.05) is 0 Å². The van der Waals surface area contributed by atoms with E-state index in [2.05, 4.69) is 15.5 Å². The monoisotopic (exact) mass is 309 g/mol. The molecule has 96 valence electrons. The number of halogens is 4. The second kappa shape index (κ2) is 5.30. The quantitative estimate of drug-likeness (QED) is 0.844. The zero-order valence-electron chi connectivity index (χ0n) is 9.05. The van der Waals surface area contributed by atoms with E-state index in [1.54, 1.807) is 6.92 Å². The Labute approximate surface area is 117 Å². The average molecular weight is 311 g/mol. The third kappa shape index (κ3) is 2.85. The van der Waals surface area contributed by atoms with Gasteiger partial charge in [0.15, 0.2) is 0 Å². The summed E-state index contributed by atoms with van der Waals surface area (Å²) >= 11 is 17.5. The third-order valence-corrected chi connectivity index (χ3v) is 2.80. The Morgan fingerprint density at radius 1 is 1.28 bits per heavy atom. The van der Waals surface area contributed by atoms with Gasteiger partial charge in [0.25, 0.3) is 0 Å². The molecular weight excluding hydrogens is 303 g/mol. The first-order chi connectivity index (χ1) is 8.47. The lowest BCUT2D eigenvalue weighted by atomic mass is 10.3. The van der Waals surface area contributed by atoms with Crippen LogP contribution in [-0.2, 0) is 0 Å². The molecule has 1 aromatic heterocycles. The van der Waals surface area contributed by atoms with Gasteiger partial charge in [-0.2, -0.15) is 0 Å². The molecule has 1 aromatic carbocycles. The predicted molar refractivity (Wildman–Crippen MR) is 68.3 cm³/mol. The standard InChI is InChI=1S/C10H7Cl3FN3O/c1-4(11)9-16-17-10(18-9)15-8-6(12)2-5(14)3-7(8)13/h2-4H,1H3,(H,15,17). The Kier molecular flexibility index (Phi) is 3.94. The minimum Gasteiger partial charge on any atom is -0.406 e. The Morgan fingerprint density at radius 2 is 1.89 bits per heavy atom. The number of nitrogens with one attached hydrogen (secondary N) is 1. The van der Waals surface area contributed by atoms with Crippen molar-refractivity contribution in [3.8, 4) is 0 Å². The third-order valence-electron chi connectivity index (χ3n) is 2.02. The summed E-state index contributed by atoms with van der Waals surface area (Å²) in [6.45, 7) is 1.69. The number of hydrogen-bond acceptors (Lipinski definition) is 4. The maximum Gasteiger partial charge on any atom is 0.320 e. The fourth-order valence-corrected chi connectivity index (χ4v) is 1.86. The molecule has 8 heteroatoms. The van der Waals surface area contributed by atoms with Crippen LogP contribution in [0.1, 0.15) is 18.2 Å². The van der Waals surface area contributed by atoms with Gasteiger partial charge in [-0.15, -0.1) is 16.7 Å². The van der Waals surface area contributed by atoms with E-state index >= 15 is 0 Å². The fraction of sp³-hybridized carbons (Fsp3) is 0.200. The fourth-order valence-electron chi connectivity index (χ4n) is 1.21. The summed E-state index contributed by atoms with van der Waals surface area (Å²) in [7, 11) is 0. The maximum absolute atomic E-state index is 13.0. The van der Waals surface area contributed by atoms with Crippen molar-refractivity contribution >= 4 is 46.5 Å². The molecular formula is C10H7Cl3FN3O. The highest BCUT2D eigenvalue weighted by atomic mass is 35.5. The summed E-state index contributed by atoms with van der Waals surface area (Å²) in [5.41, 5.74) is 0.289. The van der Waals surface area contributed by atoms with Crippen LogP contribution in [0.15, 0.2) is 16.5 Å². The van der Waals surface area contributed by atoms with Gasteiger partial charge < -0.3 is 9.73 Å². The van der Waals surface area contributed by atoms with Crippen molar-refractivity contribution in [3.63, 3.8) is 0 Å². The molecule has 1 N–H and O–H groups in total. The number of anilines is 2. The summed E-state index contributed by atoms with van der Waals surface area (Å²) in [4.78, 5) is 0. The first-order valence-corrected chi connectivity index (χ1v) is 6.05. The van der Waals surface area contributed by atoms with Gasteiger partial charge in [0.1, 0.15) is 11.2 Å². The minimum atomic E-state index is -0.531. The lowest BCUT2D eigenvalue weighted by Gasteiger charge is -2.06. The van der Waals surface area contributed by atoms with Gasteiger partial charge in [-0.3, -0.25) is 0 Å². The van der Waals surface area contributed by atoms with Crippen molar-refractivity contribution in [2.24, 2.45) is 0 Å². The van der Waals surface area contributed by atoms with Crippen LogP contribution < -0.4 is 5.32 Å². The van der Waals surface area contributed by atoms with Crippen LogP contribution in [0.25, 0.3) is 0 Å². The van der Waals surface area contributed by atoms with E-state index in [-0.39, 0.29) is 27.6 Å². The molecule has 1 unspecified atom stereocenters. The van der Waals surface area contributed by atoms with Gasteiger partial charge in [0.2, 0.25) is 5.89 Å². The molecule has 0 spiro atoms. The molecule has 0 saturated carbocycles. The molecule has 0 aliphatic heterocycles. The van der Waals surface area contributed by atoms with E-state index in [1.165, 1.54) is 0 Å². The average Bonchev–Trinajstić information content (AvgIpc) is 2.71. The maximum atomic E-state index is 13.0. The van der Waals surface area contributed by atoms with Crippen molar-refractivity contribution in [1.29, 1.82) is 0 Å². The van der Waals surface area contributed by atoms with Crippen LogP contribution in [0.3, 0.4) is 0 Å². The smallest absolute Gasteiger partial charge is 0.320 e. The Morgan fingerprint density at radius 3 is 2.39 bits per heavy atom. The van der Waals surface area contributed by atoms with E-state index in [0.717, 1.165) is 12.1 Å². The summed E-state index contributed by atoms with van der Waals surface area (Å²) in [6, 6.07) is 2.32. The predicted octanol–water partition coefficient (Wildman–Crippen LogP) is 4.56. The van der Waals surface area contributed by atoms with Crippen molar-refractivity contribution in [3.05, 3.63) is 33.9 Å². The largest absolute Gasteiger partial charge is 0.406 e. The van der Waals surface area contributed by atoms with Crippen LogP contribution >= 0.6 is 34.8 Å². The topological polar surface area (TPSA) is 51.0 Å². The molecule has 0 amide bonds. The van der Waals surface area contributed by atoms with Crippen molar-refractivity contribution in [2.45, 2.75) is 12.3 Å². The zero-order chi connectivity index (χ0) is 13.3. The second-order valence-electron chi connectivity index (χ2n) is 3.43. The number of alkyl halides is 1. The van der Waals surface area contributed by atoms with Crippen LogP contribution in [0.2, 0.25) is 10.0 Å². The van der Waals surface area contributed by atoms with Gasteiger partial charge in [-0.05, 0) is 19.1 Å². The van der Waals surface area contributed by atoms with E-state index in [1.807, 2.05) is 0 Å². The highest BCUT2D eigenvalue weighted by Gasteiger charge is 2.14. The zero-order valence-corrected chi connectivity index (χ0v) is 11.3. The van der Waals surface area contributed by atoms with Gasteiger partial charge in [0.05, 0.1) is 15.7 Å². The van der Waals surface area contributed by atoms with Crippen LogP contribution in [-0.4, -0.2) is 10.2 Å². The molecule has 0 aliphatic carbocycles. The lowest BCUT2D eigenvalue weighted by Crippen LogP contribution is -1.93. The summed E-state index contributed by atoms with van der Waals surface area (Å²) in [6.07, 6.45) is 0. The van der Waals surface area contributed by atoms with Crippen LogP contribution in [0, 0.1) is 5.82 Å². The first-order valence-electron chi connectivity index (χ1n) is 4.86. The molecule has 0 saturated heterocycles. The molecule has 0 bridgehead atoms. The molecule has 0 aliphatic rings. The van der Waals surface area contributed by atoms with Crippen molar-refractivity contribution < 1.29 is 8.81 Å². The van der Waals surface area contributed by atoms with Crippen molar-refractivity contribution in [2.75, 3.05) is 5.32 Å². The molecule has 1 atom stereocenters. The molecule has 0 radical (unpaired) electrons.